The maximum Gasteiger partial charge on any atom is 0.507 e. The Kier molecular flexibility index (Phi) is 10.1. The molecule has 3 rings (SSSR count). The van der Waals surface area contributed by atoms with E-state index in [1.807, 2.05) is 0 Å². The van der Waals surface area contributed by atoms with Crippen molar-refractivity contribution >= 4 is 40.7 Å². The quantitative estimate of drug-likeness (QED) is 0.205. The monoisotopic (exact) mass is 564 g/mol. The Labute approximate surface area is 226 Å². The summed E-state index contributed by atoms with van der Waals surface area (Å²) in [5.41, 5.74) is 0.100. The normalized spacial score (nSPS) is 12.3. The molecule has 0 spiro atoms. The summed E-state index contributed by atoms with van der Waals surface area (Å²) in [6, 6.07) is 3.20. The summed E-state index contributed by atoms with van der Waals surface area (Å²) in [6.07, 6.45) is -0.431. The van der Waals surface area contributed by atoms with Crippen LogP contribution in [0.15, 0.2) is 36.7 Å². The summed E-state index contributed by atoms with van der Waals surface area (Å²) in [6.45, 7) is 2.78. The number of anilines is 1. The van der Waals surface area contributed by atoms with Crippen molar-refractivity contribution in [2.45, 2.75) is 26.3 Å². The van der Waals surface area contributed by atoms with Crippen LogP contribution in [0.2, 0.25) is 0 Å². The molecule has 2 N–H and O–H groups in total. The largest absolute Gasteiger partial charge is 0.507 e. The Morgan fingerprint density at radius 1 is 1.10 bits per heavy atom. The zero-order valence-corrected chi connectivity index (χ0v) is 21.8. The molecule has 0 aliphatic heterocycles. The smallest absolute Gasteiger partial charge is 0.466 e. The van der Waals surface area contributed by atoms with Crippen LogP contribution in [0.3, 0.4) is 0 Å². The van der Waals surface area contributed by atoms with Gasteiger partial charge in [-0.1, -0.05) is 6.92 Å². The first-order valence-electron chi connectivity index (χ1n) is 12.1. The maximum absolute atomic E-state index is 15.1. The van der Waals surface area contributed by atoms with Gasteiger partial charge in [0.15, 0.2) is 11.6 Å². The summed E-state index contributed by atoms with van der Waals surface area (Å²) in [4.78, 5) is 58.2. The second-order valence-electron chi connectivity index (χ2n) is 8.66. The van der Waals surface area contributed by atoms with Crippen LogP contribution < -0.4 is 10.2 Å². The highest BCUT2D eigenvalue weighted by molar-refractivity contribution is 6.08. The van der Waals surface area contributed by atoms with Crippen LogP contribution in [0.4, 0.5) is 23.7 Å². The third-order valence-corrected chi connectivity index (χ3v) is 5.65. The van der Waals surface area contributed by atoms with Gasteiger partial charge in [0.2, 0.25) is 11.8 Å². The Morgan fingerprint density at radius 2 is 1.85 bits per heavy atom. The SMILES string of the molecule is CCOC(=O)CC(=O)N(c1ccc2[nH]cnc2c1)C(C(=O)NCC(C)COC(=O)OC)c1cc(F)cc(F)c1F. The summed E-state index contributed by atoms with van der Waals surface area (Å²) in [7, 11) is 1.12. The average Bonchev–Trinajstić information content (AvgIpc) is 3.39. The van der Waals surface area contributed by atoms with Crippen LogP contribution in [-0.4, -0.2) is 60.8 Å². The van der Waals surface area contributed by atoms with E-state index in [4.69, 9.17) is 9.47 Å². The minimum atomic E-state index is -1.97. The predicted molar refractivity (Wildman–Crippen MR) is 134 cm³/mol. The number of ether oxygens (including phenoxy) is 3. The predicted octanol–water partition coefficient (Wildman–Crippen LogP) is 3.54. The number of nitrogens with one attached hydrogen (secondary N) is 2. The highest BCUT2D eigenvalue weighted by Crippen LogP contribution is 2.33. The number of aromatic amines is 1. The first-order valence-corrected chi connectivity index (χ1v) is 12.1. The molecule has 2 amide bonds. The molecular weight excluding hydrogens is 537 g/mol. The molecule has 214 valence electrons. The number of methoxy groups -OCH3 is 1. The number of nitrogens with zero attached hydrogens (tertiary/aromatic N) is 2. The van der Waals surface area contributed by atoms with Gasteiger partial charge in [-0.15, -0.1) is 0 Å². The molecule has 0 saturated heterocycles. The van der Waals surface area contributed by atoms with Gasteiger partial charge in [0.25, 0.3) is 0 Å². The van der Waals surface area contributed by atoms with Crippen molar-refractivity contribution in [1.29, 1.82) is 0 Å². The van der Waals surface area contributed by atoms with E-state index in [1.54, 1.807) is 6.92 Å². The number of fused-ring (bicyclic) bond motifs is 1. The maximum atomic E-state index is 15.1. The second kappa shape index (κ2) is 13.4. The number of halogens is 3. The molecule has 0 aliphatic carbocycles. The molecule has 0 bridgehead atoms. The molecule has 40 heavy (non-hydrogen) atoms. The topological polar surface area (TPSA) is 140 Å². The molecule has 0 fully saturated rings. The van der Waals surface area contributed by atoms with Crippen LogP contribution in [0, 0.1) is 23.4 Å². The molecule has 1 heterocycles. The van der Waals surface area contributed by atoms with Gasteiger partial charge in [-0.3, -0.25) is 19.3 Å². The number of hydrogen-bond acceptors (Lipinski definition) is 8. The summed E-state index contributed by atoms with van der Waals surface area (Å²) in [5, 5.41) is 2.49. The average molecular weight is 565 g/mol. The minimum Gasteiger partial charge on any atom is -0.466 e. The number of H-pyrrole nitrogens is 1. The van der Waals surface area contributed by atoms with Crippen LogP contribution in [0.25, 0.3) is 11.0 Å². The molecule has 14 heteroatoms. The summed E-state index contributed by atoms with van der Waals surface area (Å²) in [5.74, 6) is -7.83. The van der Waals surface area contributed by atoms with E-state index in [0.717, 1.165) is 12.0 Å². The lowest BCUT2D eigenvalue weighted by Gasteiger charge is -2.32. The number of esters is 1. The van der Waals surface area contributed by atoms with Crippen LogP contribution in [0.5, 0.6) is 0 Å². The number of carbonyl (C=O) groups excluding carboxylic acids is 4. The molecule has 0 aliphatic rings. The number of rotatable bonds is 11. The molecule has 2 atom stereocenters. The van der Waals surface area contributed by atoms with Gasteiger partial charge in [-0.2, -0.15) is 0 Å². The Bertz CT molecular complexity index is 1400. The van der Waals surface area contributed by atoms with Crippen molar-refractivity contribution in [3.63, 3.8) is 0 Å². The number of amides is 2. The van der Waals surface area contributed by atoms with Crippen LogP contribution >= 0.6 is 0 Å². The molecular formula is C26H27F3N4O7. The van der Waals surface area contributed by atoms with Crippen LogP contribution in [0.1, 0.15) is 31.9 Å². The zero-order chi connectivity index (χ0) is 29.4. The lowest BCUT2D eigenvalue weighted by molar-refractivity contribution is -0.146. The van der Waals surface area contributed by atoms with Gasteiger partial charge in [-0.05, 0) is 31.2 Å². The van der Waals surface area contributed by atoms with Gasteiger partial charge in [0.05, 0.1) is 37.7 Å². The third kappa shape index (κ3) is 7.27. The van der Waals surface area contributed by atoms with Gasteiger partial charge in [0.1, 0.15) is 18.3 Å². The summed E-state index contributed by atoms with van der Waals surface area (Å²) >= 11 is 0. The Balaban J connectivity index is 2.08. The van der Waals surface area contributed by atoms with Crippen molar-refractivity contribution in [1.82, 2.24) is 15.3 Å². The Hall–Kier alpha value is -4.62. The third-order valence-electron chi connectivity index (χ3n) is 5.65. The molecule has 0 radical (unpaired) electrons. The van der Waals surface area contributed by atoms with E-state index >= 15 is 4.39 Å². The van der Waals surface area contributed by atoms with Crippen molar-refractivity contribution in [3.8, 4) is 0 Å². The molecule has 2 unspecified atom stereocenters. The fourth-order valence-corrected chi connectivity index (χ4v) is 3.80. The van der Waals surface area contributed by atoms with E-state index in [-0.39, 0.29) is 25.4 Å². The molecule has 2 aromatic carbocycles. The number of benzene rings is 2. The standard InChI is InChI=1S/C26H27F3N4O7/c1-4-39-22(35)10-21(34)33(16-5-6-19-20(9-16)32-13-31-19)24(17-7-15(27)8-18(28)23(17)29)25(36)30-11-14(2)12-40-26(37)38-3/h5-9,13-14,24H,4,10-12H2,1-3H3,(H,30,36)(H,31,32). The Morgan fingerprint density at radius 3 is 2.55 bits per heavy atom. The first kappa shape index (κ1) is 29.9. The lowest BCUT2D eigenvalue weighted by Crippen LogP contribution is -2.46. The molecule has 3 aromatic rings. The highest BCUT2D eigenvalue weighted by atomic mass is 19.2. The van der Waals surface area contributed by atoms with E-state index in [0.29, 0.717) is 23.2 Å². The fraction of sp³-hybridized carbons (Fsp3) is 0.346. The van der Waals surface area contributed by atoms with Crippen LogP contribution in [-0.2, 0) is 28.6 Å². The second-order valence-corrected chi connectivity index (χ2v) is 8.66. The zero-order valence-electron chi connectivity index (χ0n) is 21.8. The number of carbonyl (C=O) groups is 4. The highest BCUT2D eigenvalue weighted by Gasteiger charge is 2.37. The van der Waals surface area contributed by atoms with Crippen molar-refractivity contribution in [2.75, 3.05) is 31.8 Å². The van der Waals surface area contributed by atoms with E-state index < -0.39 is 65.3 Å². The lowest BCUT2D eigenvalue weighted by atomic mass is 10.0. The number of aromatic nitrogens is 2. The van der Waals surface area contributed by atoms with Gasteiger partial charge in [-0.25, -0.2) is 22.9 Å². The number of hydrogen-bond donors (Lipinski definition) is 2. The van der Waals surface area contributed by atoms with Crippen molar-refractivity contribution in [2.24, 2.45) is 5.92 Å². The molecule has 11 nitrogen and oxygen atoms in total. The summed E-state index contributed by atoms with van der Waals surface area (Å²) < 4.78 is 57.8. The van der Waals surface area contributed by atoms with E-state index in [2.05, 4.69) is 20.0 Å². The van der Waals surface area contributed by atoms with Gasteiger partial charge in [0, 0.05) is 29.8 Å². The van der Waals surface area contributed by atoms with E-state index in [9.17, 15) is 28.0 Å². The molecule has 0 saturated carbocycles. The fourth-order valence-electron chi connectivity index (χ4n) is 3.80. The molecule has 1 aromatic heterocycles. The number of imidazole rings is 1. The minimum absolute atomic E-state index is 0.0137. The van der Waals surface area contributed by atoms with E-state index in [1.165, 1.54) is 31.5 Å². The van der Waals surface area contributed by atoms with Crippen molar-refractivity contribution in [3.05, 3.63) is 59.7 Å². The van der Waals surface area contributed by atoms with Crippen molar-refractivity contribution < 1.29 is 46.6 Å². The van der Waals surface area contributed by atoms with Gasteiger partial charge >= 0.3 is 12.1 Å². The van der Waals surface area contributed by atoms with Gasteiger partial charge < -0.3 is 24.5 Å². The first-order chi connectivity index (χ1) is 19.0.